The summed E-state index contributed by atoms with van der Waals surface area (Å²) in [7, 11) is 0. The van der Waals surface area contributed by atoms with Crippen LogP contribution < -0.4 is 0 Å². The van der Waals surface area contributed by atoms with Gasteiger partial charge in [-0.1, -0.05) is 55.5 Å². The van der Waals surface area contributed by atoms with E-state index in [-0.39, 0.29) is 0 Å². The lowest BCUT2D eigenvalue weighted by Crippen LogP contribution is -1.86. The summed E-state index contributed by atoms with van der Waals surface area (Å²) in [6.07, 6.45) is 10.9. The molecule has 0 unspecified atom stereocenters. The largest absolute Gasteiger partial charge is 0.299 e. The molecule has 1 heteroatoms. The molecule has 0 bridgehead atoms. The molecule has 1 aromatic carbocycles. The van der Waals surface area contributed by atoms with E-state index in [9.17, 15) is 4.79 Å². The SMILES string of the molecule is CC\C(=C/C=C\C=C\C=O)c1ccccc1C. The molecule has 0 aromatic heterocycles. The van der Waals surface area contributed by atoms with Gasteiger partial charge < -0.3 is 0 Å². The van der Waals surface area contributed by atoms with Gasteiger partial charge in [-0.25, -0.2) is 0 Å². The Labute approximate surface area is 103 Å². The van der Waals surface area contributed by atoms with Gasteiger partial charge in [0.05, 0.1) is 0 Å². The normalized spacial score (nSPS) is 12.5. The summed E-state index contributed by atoms with van der Waals surface area (Å²) >= 11 is 0. The number of allylic oxidation sites excluding steroid dienone is 6. The van der Waals surface area contributed by atoms with Crippen LogP contribution in [0.25, 0.3) is 5.57 Å². The zero-order valence-corrected chi connectivity index (χ0v) is 10.4. The van der Waals surface area contributed by atoms with Gasteiger partial charge in [0, 0.05) is 0 Å². The Morgan fingerprint density at radius 2 is 1.82 bits per heavy atom. The third-order valence-corrected chi connectivity index (χ3v) is 2.58. The van der Waals surface area contributed by atoms with E-state index in [1.165, 1.54) is 22.8 Å². The molecule has 0 saturated heterocycles. The van der Waals surface area contributed by atoms with Gasteiger partial charge in [-0.3, -0.25) is 4.79 Å². The molecule has 0 heterocycles. The van der Waals surface area contributed by atoms with Crippen molar-refractivity contribution in [1.82, 2.24) is 0 Å². The van der Waals surface area contributed by atoms with Crippen molar-refractivity contribution in [1.29, 1.82) is 0 Å². The third-order valence-electron chi connectivity index (χ3n) is 2.58. The molecule has 0 spiro atoms. The summed E-state index contributed by atoms with van der Waals surface area (Å²) in [6, 6.07) is 8.37. The van der Waals surface area contributed by atoms with E-state index in [2.05, 4.69) is 44.2 Å². The predicted molar refractivity (Wildman–Crippen MR) is 73.8 cm³/mol. The van der Waals surface area contributed by atoms with Crippen molar-refractivity contribution in [3.05, 3.63) is 65.8 Å². The monoisotopic (exact) mass is 226 g/mol. The van der Waals surface area contributed by atoms with Crippen LogP contribution >= 0.6 is 0 Å². The number of hydrogen-bond acceptors (Lipinski definition) is 1. The molecule has 0 aliphatic heterocycles. The highest BCUT2D eigenvalue weighted by atomic mass is 16.1. The summed E-state index contributed by atoms with van der Waals surface area (Å²) in [5.41, 5.74) is 3.88. The molecule has 0 amide bonds. The molecule has 88 valence electrons. The van der Waals surface area contributed by atoms with Gasteiger partial charge >= 0.3 is 0 Å². The lowest BCUT2D eigenvalue weighted by Gasteiger charge is -2.07. The first-order chi connectivity index (χ1) is 8.29. The minimum Gasteiger partial charge on any atom is -0.299 e. The van der Waals surface area contributed by atoms with Gasteiger partial charge in [-0.15, -0.1) is 0 Å². The van der Waals surface area contributed by atoms with Crippen LogP contribution in [-0.4, -0.2) is 6.29 Å². The van der Waals surface area contributed by atoms with Gasteiger partial charge in [0.15, 0.2) is 0 Å². The molecule has 17 heavy (non-hydrogen) atoms. The van der Waals surface area contributed by atoms with Gasteiger partial charge in [-0.05, 0) is 36.1 Å². The first-order valence-electron chi connectivity index (χ1n) is 5.83. The molecule has 0 radical (unpaired) electrons. The Morgan fingerprint density at radius 3 is 2.47 bits per heavy atom. The molecule has 1 rings (SSSR count). The zero-order chi connectivity index (χ0) is 12.5. The highest BCUT2D eigenvalue weighted by Crippen LogP contribution is 2.21. The summed E-state index contributed by atoms with van der Waals surface area (Å²) in [5.74, 6) is 0. The van der Waals surface area contributed by atoms with E-state index < -0.39 is 0 Å². The molecule has 0 aliphatic rings. The van der Waals surface area contributed by atoms with Crippen LogP contribution in [-0.2, 0) is 4.79 Å². The van der Waals surface area contributed by atoms with Crippen LogP contribution in [0.3, 0.4) is 0 Å². The van der Waals surface area contributed by atoms with Crippen LogP contribution in [0.1, 0.15) is 24.5 Å². The number of carbonyl (C=O) groups is 1. The van der Waals surface area contributed by atoms with Gasteiger partial charge in [0.2, 0.25) is 0 Å². The molecule has 0 N–H and O–H groups in total. The number of hydrogen-bond donors (Lipinski definition) is 0. The molecule has 1 aromatic rings. The Bertz CT molecular complexity index is 450. The second kappa shape index (κ2) is 7.39. The second-order valence-electron chi connectivity index (χ2n) is 3.77. The van der Waals surface area contributed by atoms with Crippen molar-refractivity contribution in [3.8, 4) is 0 Å². The van der Waals surface area contributed by atoms with Crippen LogP contribution in [0.4, 0.5) is 0 Å². The number of aldehydes is 1. The van der Waals surface area contributed by atoms with Crippen LogP contribution in [0.5, 0.6) is 0 Å². The highest BCUT2D eigenvalue weighted by Gasteiger charge is 2.00. The lowest BCUT2D eigenvalue weighted by molar-refractivity contribution is -0.104. The first kappa shape index (κ1) is 13.2. The first-order valence-corrected chi connectivity index (χ1v) is 5.83. The van der Waals surface area contributed by atoms with Crippen molar-refractivity contribution in [2.24, 2.45) is 0 Å². The predicted octanol–water partition coefficient (Wildman–Crippen LogP) is 4.10. The van der Waals surface area contributed by atoms with E-state index in [1.54, 1.807) is 6.08 Å². The van der Waals surface area contributed by atoms with E-state index in [4.69, 9.17) is 0 Å². The van der Waals surface area contributed by atoms with Crippen molar-refractivity contribution in [2.75, 3.05) is 0 Å². The fraction of sp³-hybridized carbons (Fsp3) is 0.188. The zero-order valence-electron chi connectivity index (χ0n) is 10.4. The van der Waals surface area contributed by atoms with E-state index >= 15 is 0 Å². The van der Waals surface area contributed by atoms with Crippen LogP contribution in [0, 0.1) is 6.92 Å². The molecule has 0 atom stereocenters. The summed E-state index contributed by atoms with van der Waals surface area (Å²) in [5, 5.41) is 0. The number of rotatable bonds is 5. The van der Waals surface area contributed by atoms with Crippen LogP contribution in [0.2, 0.25) is 0 Å². The maximum atomic E-state index is 10.1. The lowest BCUT2D eigenvalue weighted by atomic mass is 9.98. The number of aryl methyl sites for hydroxylation is 1. The molecule has 0 fully saturated rings. The Hall–Kier alpha value is -1.89. The Kier molecular flexibility index (Phi) is 5.73. The van der Waals surface area contributed by atoms with Gasteiger partial charge in [-0.2, -0.15) is 0 Å². The smallest absolute Gasteiger partial charge is 0.142 e. The average molecular weight is 226 g/mol. The second-order valence-corrected chi connectivity index (χ2v) is 3.77. The highest BCUT2D eigenvalue weighted by molar-refractivity contribution is 5.69. The van der Waals surface area contributed by atoms with Gasteiger partial charge in [0.1, 0.15) is 6.29 Å². The van der Waals surface area contributed by atoms with Crippen molar-refractivity contribution < 1.29 is 4.79 Å². The fourth-order valence-corrected chi connectivity index (χ4v) is 1.68. The molecular formula is C16H18O. The van der Waals surface area contributed by atoms with Gasteiger partial charge in [0.25, 0.3) is 0 Å². The number of benzene rings is 1. The topological polar surface area (TPSA) is 17.1 Å². The van der Waals surface area contributed by atoms with Crippen molar-refractivity contribution >= 4 is 11.9 Å². The molecule has 0 saturated carbocycles. The van der Waals surface area contributed by atoms with Crippen molar-refractivity contribution in [3.63, 3.8) is 0 Å². The molecular weight excluding hydrogens is 208 g/mol. The summed E-state index contributed by atoms with van der Waals surface area (Å²) in [6.45, 7) is 4.27. The van der Waals surface area contributed by atoms with E-state index in [0.29, 0.717) is 0 Å². The fourth-order valence-electron chi connectivity index (χ4n) is 1.68. The Balaban J connectivity index is 2.88. The van der Waals surface area contributed by atoms with E-state index in [1.807, 2.05) is 12.2 Å². The van der Waals surface area contributed by atoms with Crippen molar-refractivity contribution in [2.45, 2.75) is 20.3 Å². The van der Waals surface area contributed by atoms with E-state index in [0.717, 1.165) is 12.7 Å². The quantitative estimate of drug-likeness (QED) is 0.419. The maximum absolute atomic E-state index is 10.1. The standard InChI is InChI=1S/C16H18O/c1-3-15(11-6-4-5-9-13-17)16-12-8-7-10-14(16)2/h4-13H,3H2,1-2H3/b6-4-,9-5+,15-11+. The minimum atomic E-state index is 0.774. The number of carbonyl (C=O) groups excluding carboxylic acids is 1. The summed E-state index contributed by atoms with van der Waals surface area (Å²) in [4.78, 5) is 10.1. The summed E-state index contributed by atoms with van der Waals surface area (Å²) < 4.78 is 0. The molecule has 0 aliphatic carbocycles. The van der Waals surface area contributed by atoms with Crippen LogP contribution in [0.15, 0.2) is 54.6 Å². The maximum Gasteiger partial charge on any atom is 0.142 e. The Morgan fingerprint density at radius 1 is 1.12 bits per heavy atom. The minimum absolute atomic E-state index is 0.774. The average Bonchev–Trinajstić information content (AvgIpc) is 2.35. The third kappa shape index (κ3) is 4.23. The molecule has 1 nitrogen and oxygen atoms in total.